The molecule has 0 aromatic carbocycles. The molecule has 0 saturated heterocycles. The topological polar surface area (TPSA) is 78.6 Å². The van der Waals surface area contributed by atoms with Crippen LogP contribution in [-0.4, -0.2) is 13.1 Å². The number of halogens is 1. The van der Waals surface area contributed by atoms with Crippen molar-refractivity contribution in [3.05, 3.63) is 46.2 Å². The van der Waals surface area contributed by atoms with Gasteiger partial charge in [0.2, 0.25) is 5.76 Å². The summed E-state index contributed by atoms with van der Waals surface area (Å²) in [6.07, 6.45) is 0. The molecule has 2 rings (SSSR count). The van der Waals surface area contributed by atoms with Crippen molar-refractivity contribution in [2.75, 3.05) is 7.11 Å². The van der Waals surface area contributed by atoms with Crippen LogP contribution in [0, 0.1) is 0 Å². The molecule has 0 aliphatic rings. The van der Waals surface area contributed by atoms with Gasteiger partial charge in [-0.15, -0.1) is 0 Å². The number of rotatable bonds is 3. The average molecular weight is 300 g/mol. The summed E-state index contributed by atoms with van der Waals surface area (Å²) in [4.78, 5) is 11.2. The molecule has 5 nitrogen and oxygen atoms in total. The highest BCUT2D eigenvalue weighted by Crippen LogP contribution is 2.25. The summed E-state index contributed by atoms with van der Waals surface area (Å²) in [5, 5.41) is 0. The Labute approximate surface area is 106 Å². The fraction of sp³-hybridized carbons (Fsp3) is 0.182. The van der Waals surface area contributed by atoms with Gasteiger partial charge in [0.05, 0.1) is 7.11 Å². The van der Waals surface area contributed by atoms with Crippen LogP contribution in [0.1, 0.15) is 28.1 Å². The zero-order valence-electron chi connectivity index (χ0n) is 8.98. The minimum Gasteiger partial charge on any atom is -0.463 e. The van der Waals surface area contributed by atoms with Gasteiger partial charge in [0.25, 0.3) is 0 Å². The summed E-state index contributed by atoms with van der Waals surface area (Å²) >= 11 is 3.19. The standard InChI is InChI=1S/C11H10BrNO4/c1-15-11(14)8-3-2-6(16-8)10(13)7-4-5-9(12)17-7/h2-5,10H,13H2,1H3. The lowest BCUT2D eigenvalue weighted by atomic mass is 10.2. The first kappa shape index (κ1) is 11.9. The number of hydrogen-bond acceptors (Lipinski definition) is 5. The van der Waals surface area contributed by atoms with E-state index in [1.54, 1.807) is 18.2 Å². The van der Waals surface area contributed by atoms with Gasteiger partial charge in [0.15, 0.2) is 4.67 Å². The Hall–Kier alpha value is -1.53. The molecule has 0 radical (unpaired) electrons. The predicted octanol–water partition coefficient (Wildman–Crippen LogP) is 2.47. The Morgan fingerprint density at radius 3 is 2.53 bits per heavy atom. The van der Waals surface area contributed by atoms with Crippen LogP contribution in [0.2, 0.25) is 0 Å². The normalized spacial score (nSPS) is 12.4. The maximum Gasteiger partial charge on any atom is 0.373 e. The molecule has 0 spiro atoms. The van der Waals surface area contributed by atoms with Crippen LogP contribution in [0.4, 0.5) is 0 Å². The van der Waals surface area contributed by atoms with Crippen molar-refractivity contribution in [3.63, 3.8) is 0 Å². The van der Waals surface area contributed by atoms with Crippen LogP contribution >= 0.6 is 15.9 Å². The molecule has 17 heavy (non-hydrogen) atoms. The molecular formula is C11H10BrNO4. The lowest BCUT2D eigenvalue weighted by molar-refractivity contribution is 0.0562. The second-order valence-electron chi connectivity index (χ2n) is 3.31. The smallest absolute Gasteiger partial charge is 0.373 e. The van der Waals surface area contributed by atoms with Gasteiger partial charge in [0.1, 0.15) is 17.6 Å². The average Bonchev–Trinajstić information content (AvgIpc) is 2.95. The monoisotopic (exact) mass is 299 g/mol. The van der Waals surface area contributed by atoms with E-state index < -0.39 is 12.0 Å². The van der Waals surface area contributed by atoms with Crippen LogP contribution in [0.15, 0.2) is 37.8 Å². The number of carbonyl (C=O) groups is 1. The highest BCUT2D eigenvalue weighted by Gasteiger charge is 2.19. The number of methoxy groups -OCH3 is 1. The summed E-state index contributed by atoms with van der Waals surface area (Å²) in [5.74, 6) is 0.558. The molecule has 0 amide bonds. The van der Waals surface area contributed by atoms with Crippen molar-refractivity contribution in [2.45, 2.75) is 6.04 Å². The maximum atomic E-state index is 11.2. The Kier molecular flexibility index (Phi) is 3.35. The molecule has 0 fully saturated rings. The molecule has 90 valence electrons. The van der Waals surface area contributed by atoms with Crippen molar-refractivity contribution >= 4 is 21.9 Å². The van der Waals surface area contributed by atoms with Crippen LogP contribution in [-0.2, 0) is 4.74 Å². The second kappa shape index (κ2) is 4.77. The fourth-order valence-electron chi connectivity index (χ4n) is 1.37. The van der Waals surface area contributed by atoms with E-state index in [1.165, 1.54) is 13.2 Å². The van der Waals surface area contributed by atoms with Crippen molar-refractivity contribution < 1.29 is 18.4 Å². The van der Waals surface area contributed by atoms with Gasteiger partial charge in [-0.25, -0.2) is 4.79 Å². The Morgan fingerprint density at radius 1 is 1.29 bits per heavy atom. The van der Waals surface area contributed by atoms with Gasteiger partial charge in [-0.2, -0.15) is 0 Å². The molecular weight excluding hydrogens is 290 g/mol. The zero-order valence-corrected chi connectivity index (χ0v) is 10.6. The first-order chi connectivity index (χ1) is 8.11. The Balaban J connectivity index is 2.23. The van der Waals surface area contributed by atoms with E-state index in [-0.39, 0.29) is 5.76 Å². The van der Waals surface area contributed by atoms with Gasteiger partial charge in [0, 0.05) is 0 Å². The van der Waals surface area contributed by atoms with Crippen LogP contribution in [0.25, 0.3) is 0 Å². The number of esters is 1. The molecule has 1 atom stereocenters. The molecule has 0 aliphatic carbocycles. The number of ether oxygens (including phenoxy) is 1. The van der Waals surface area contributed by atoms with Gasteiger partial charge in [-0.05, 0) is 40.2 Å². The molecule has 6 heteroatoms. The number of nitrogens with two attached hydrogens (primary N) is 1. The number of hydrogen-bond donors (Lipinski definition) is 1. The highest BCUT2D eigenvalue weighted by atomic mass is 79.9. The Morgan fingerprint density at radius 2 is 1.94 bits per heavy atom. The third-order valence-corrected chi connectivity index (χ3v) is 2.65. The molecule has 2 aromatic heterocycles. The van der Waals surface area contributed by atoms with Crippen molar-refractivity contribution in [1.82, 2.24) is 0 Å². The molecule has 0 aliphatic heterocycles. The van der Waals surface area contributed by atoms with E-state index in [2.05, 4.69) is 20.7 Å². The minimum absolute atomic E-state index is 0.114. The first-order valence-corrected chi connectivity index (χ1v) is 5.60. The molecule has 1 unspecified atom stereocenters. The third-order valence-electron chi connectivity index (χ3n) is 2.22. The number of furan rings is 2. The lowest BCUT2D eigenvalue weighted by Gasteiger charge is -2.04. The summed E-state index contributed by atoms with van der Waals surface area (Å²) in [7, 11) is 1.29. The highest BCUT2D eigenvalue weighted by molar-refractivity contribution is 9.10. The van der Waals surface area contributed by atoms with E-state index in [9.17, 15) is 4.79 Å². The van der Waals surface area contributed by atoms with Crippen molar-refractivity contribution in [1.29, 1.82) is 0 Å². The SMILES string of the molecule is COC(=O)c1ccc(C(N)c2ccc(Br)o2)o1. The summed E-state index contributed by atoms with van der Waals surface area (Å²) in [6.45, 7) is 0. The largest absolute Gasteiger partial charge is 0.463 e. The lowest BCUT2D eigenvalue weighted by Crippen LogP contribution is -2.09. The minimum atomic E-state index is -0.556. The molecule has 0 saturated carbocycles. The molecule has 2 heterocycles. The third kappa shape index (κ3) is 2.42. The van der Waals surface area contributed by atoms with Gasteiger partial charge in [-0.3, -0.25) is 0 Å². The summed E-state index contributed by atoms with van der Waals surface area (Å²) in [5.41, 5.74) is 5.92. The van der Waals surface area contributed by atoms with E-state index in [1.807, 2.05) is 0 Å². The van der Waals surface area contributed by atoms with Crippen molar-refractivity contribution in [2.24, 2.45) is 5.73 Å². The van der Waals surface area contributed by atoms with Crippen LogP contribution < -0.4 is 5.73 Å². The van der Waals surface area contributed by atoms with E-state index in [4.69, 9.17) is 14.6 Å². The molecule has 2 aromatic rings. The molecule has 0 bridgehead atoms. The van der Waals surface area contributed by atoms with Gasteiger partial charge in [-0.1, -0.05) is 0 Å². The van der Waals surface area contributed by atoms with Crippen LogP contribution in [0.3, 0.4) is 0 Å². The van der Waals surface area contributed by atoms with E-state index >= 15 is 0 Å². The van der Waals surface area contributed by atoms with Gasteiger partial charge >= 0.3 is 5.97 Å². The van der Waals surface area contributed by atoms with E-state index in [0.717, 1.165) is 0 Å². The van der Waals surface area contributed by atoms with Crippen LogP contribution in [0.5, 0.6) is 0 Å². The summed E-state index contributed by atoms with van der Waals surface area (Å²) in [6, 6.07) is 6.04. The first-order valence-electron chi connectivity index (χ1n) is 4.80. The predicted molar refractivity (Wildman–Crippen MR) is 62.5 cm³/mol. The summed E-state index contributed by atoms with van der Waals surface area (Å²) < 4.78 is 15.7. The quantitative estimate of drug-likeness (QED) is 0.881. The Bertz CT molecular complexity index is 531. The zero-order chi connectivity index (χ0) is 12.4. The van der Waals surface area contributed by atoms with Crippen molar-refractivity contribution in [3.8, 4) is 0 Å². The number of carbonyl (C=O) groups excluding carboxylic acids is 1. The maximum absolute atomic E-state index is 11.2. The fourth-order valence-corrected chi connectivity index (χ4v) is 1.68. The van der Waals surface area contributed by atoms with Gasteiger partial charge < -0.3 is 19.3 Å². The second-order valence-corrected chi connectivity index (χ2v) is 4.09. The van der Waals surface area contributed by atoms with E-state index in [0.29, 0.717) is 16.2 Å². The molecule has 2 N–H and O–H groups in total.